The second-order valence-corrected chi connectivity index (χ2v) is 6.91. The Bertz CT molecular complexity index is 574. The van der Waals surface area contributed by atoms with E-state index in [1.165, 1.54) is 22.7 Å². The summed E-state index contributed by atoms with van der Waals surface area (Å²) in [6.07, 6.45) is 1.64. The maximum Gasteiger partial charge on any atom is 0.242 e. The summed E-state index contributed by atoms with van der Waals surface area (Å²) in [6.45, 7) is 0.487. The van der Waals surface area contributed by atoms with Gasteiger partial charge in [0.15, 0.2) is 0 Å². The maximum atomic E-state index is 12.0. The molecule has 92 valence electrons. The number of aromatic nitrogens is 1. The summed E-state index contributed by atoms with van der Waals surface area (Å²) in [5.74, 6) is 0. The summed E-state index contributed by atoms with van der Waals surface area (Å²) >= 11 is 2.76. The third-order valence-corrected chi connectivity index (χ3v) is 5.44. The van der Waals surface area contributed by atoms with Gasteiger partial charge in [-0.2, -0.15) is 0 Å². The first kappa shape index (κ1) is 12.7. The van der Waals surface area contributed by atoms with Gasteiger partial charge >= 0.3 is 0 Å². The fourth-order valence-corrected chi connectivity index (χ4v) is 4.26. The normalized spacial score (nSPS) is 11.8. The zero-order valence-corrected chi connectivity index (χ0v) is 11.2. The fraction of sp³-hybridized carbons (Fsp3) is 0.222. The van der Waals surface area contributed by atoms with Gasteiger partial charge in [-0.05, 0) is 11.4 Å². The van der Waals surface area contributed by atoms with Gasteiger partial charge in [0.1, 0.15) is 0 Å². The number of nitrogens with one attached hydrogen (secondary N) is 1. The zero-order chi connectivity index (χ0) is 12.3. The number of thiazole rings is 1. The van der Waals surface area contributed by atoms with E-state index in [1.807, 2.05) is 0 Å². The molecular formula is C9H11N3O2S3. The SMILES string of the molecule is NCc1sccc1S(=O)(=O)NCc1cncs1. The van der Waals surface area contributed by atoms with Crippen molar-refractivity contribution in [2.24, 2.45) is 5.73 Å². The van der Waals surface area contributed by atoms with Crippen LogP contribution < -0.4 is 10.5 Å². The number of thiophene rings is 1. The molecule has 0 radical (unpaired) electrons. The topological polar surface area (TPSA) is 85.1 Å². The van der Waals surface area contributed by atoms with Crippen LogP contribution in [0, 0.1) is 0 Å². The quantitative estimate of drug-likeness (QED) is 0.864. The Balaban J connectivity index is 2.14. The van der Waals surface area contributed by atoms with Crippen molar-refractivity contribution in [3.05, 3.63) is 32.9 Å². The van der Waals surface area contributed by atoms with Gasteiger partial charge in [0.2, 0.25) is 10.0 Å². The molecular weight excluding hydrogens is 278 g/mol. The Hall–Kier alpha value is -0.800. The van der Waals surface area contributed by atoms with Crippen LogP contribution in [0.4, 0.5) is 0 Å². The summed E-state index contributed by atoms with van der Waals surface area (Å²) < 4.78 is 26.5. The molecule has 2 aromatic heterocycles. The molecule has 0 aromatic carbocycles. The predicted octanol–water partition coefficient (Wildman–Crippen LogP) is 1.14. The van der Waals surface area contributed by atoms with Crippen LogP contribution in [0.3, 0.4) is 0 Å². The van der Waals surface area contributed by atoms with Gasteiger partial charge in [0, 0.05) is 29.0 Å². The average molecular weight is 289 g/mol. The molecule has 3 N–H and O–H groups in total. The Morgan fingerprint density at radius 2 is 2.24 bits per heavy atom. The van der Waals surface area contributed by atoms with Crippen LogP contribution in [0.25, 0.3) is 0 Å². The van der Waals surface area contributed by atoms with Gasteiger partial charge in [-0.3, -0.25) is 4.98 Å². The van der Waals surface area contributed by atoms with Crippen molar-refractivity contribution in [3.8, 4) is 0 Å². The van der Waals surface area contributed by atoms with Crippen molar-refractivity contribution >= 4 is 32.7 Å². The fourth-order valence-electron chi connectivity index (χ4n) is 1.29. The molecule has 0 unspecified atom stereocenters. The molecule has 0 saturated heterocycles. The second kappa shape index (κ2) is 5.23. The second-order valence-electron chi connectivity index (χ2n) is 3.20. The zero-order valence-electron chi connectivity index (χ0n) is 8.79. The highest BCUT2D eigenvalue weighted by Crippen LogP contribution is 2.21. The Morgan fingerprint density at radius 3 is 2.88 bits per heavy atom. The van der Waals surface area contributed by atoms with E-state index in [2.05, 4.69) is 9.71 Å². The first-order valence-corrected chi connectivity index (χ1v) is 8.01. The molecule has 0 saturated carbocycles. The number of nitrogens with two attached hydrogens (primary N) is 1. The van der Waals surface area contributed by atoms with Gasteiger partial charge in [-0.15, -0.1) is 22.7 Å². The van der Waals surface area contributed by atoms with Crippen molar-refractivity contribution in [2.75, 3.05) is 0 Å². The van der Waals surface area contributed by atoms with Crippen LogP contribution >= 0.6 is 22.7 Å². The lowest BCUT2D eigenvalue weighted by Crippen LogP contribution is -2.23. The van der Waals surface area contributed by atoms with Gasteiger partial charge in [0.05, 0.1) is 10.4 Å². The van der Waals surface area contributed by atoms with E-state index in [1.54, 1.807) is 23.2 Å². The number of sulfonamides is 1. The van der Waals surface area contributed by atoms with Crippen molar-refractivity contribution in [1.82, 2.24) is 9.71 Å². The molecule has 5 nitrogen and oxygen atoms in total. The number of nitrogens with zero attached hydrogens (tertiary/aromatic N) is 1. The molecule has 8 heteroatoms. The summed E-state index contributed by atoms with van der Waals surface area (Å²) in [5.41, 5.74) is 7.16. The molecule has 2 heterocycles. The minimum absolute atomic E-state index is 0.231. The van der Waals surface area contributed by atoms with E-state index < -0.39 is 10.0 Å². The third kappa shape index (κ3) is 2.90. The molecule has 0 spiro atoms. The first-order valence-electron chi connectivity index (χ1n) is 4.77. The van der Waals surface area contributed by atoms with Gasteiger partial charge in [-0.1, -0.05) is 0 Å². The summed E-state index contributed by atoms with van der Waals surface area (Å²) in [6, 6.07) is 1.57. The highest BCUT2D eigenvalue weighted by Gasteiger charge is 2.18. The largest absolute Gasteiger partial charge is 0.326 e. The number of hydrogen-bond donors (Lipinski definition) is 2. The molecule has 0 aliphatic rings. The van der Waals surface area contributed by atoms with Gasteiger partial charge in [0.25, 0.3) is 0 Å². The Kier molecular flexibility index (Phi) is 3.89. The molecule has 2 aromatic rings. The molecule has 17 heavy (non-hydrogen) atoms. The molecule has 0 aliphatic heterocycles. The van der Waals surface area contributed by atoms with E-state index in [0.717, 1.165) is 4.88 Å². The summed E-state index contributed by atoms with van der Waals surface area (Å²) in [4.78, 5) is 5.70. The van der Waals surface area contributed by atoms with Crippen LogP contribution in [0.5, 0.6) is 0 Å². The lowest BCUT2D eigenvalue weighted by molar-refractivity contribution is 0.581. The lowest BCUT2D eigenvalue weighted by Gasteiger charge is -2.05. The van der Waals surface area contributed by atoms with Crippen LogP contribution in [-0.2, 0) is 23.1 Å². The van der Waals surface area contributed by atoms with Crippen LogP contribution in [0.1, 0.15) is 9.75 Å². The molecule has 0 atom stereocenters. The molecule has 0 amide bonds. The number of rotatable bonds is 5. The smallest absolute Gasteiger partial charge is 0.242 e. The lowest BCUT2D eigenvalue weighted by atomic mass is 10.5. The summed E-state index contributed by atoms with van der Waals surface area (Å²) in [7, 11) is -3.48. The molecule has 0 aliphatic carbocycles. The van der Waals surface area contributed by atoms with Crippen molar-refractivity contribution in [2.45, 2.75) is 18.0 Å². The van der Waals surface area contributed by atoms with Crippen molar-refractivity contribution in [3.63, 3.8) is 0 Å². The minimum Gasteiger partial charge on any atom is -0.326 e. The molecule has 0 fully saturated rings. The van der Waals surface area contributed by atoms with Crippen molar-refractivity contribution < 1.29 is 8.42 Å². The minimum atomic E-state index is -3.48. The predicted molar refractivity (Wildman–Crippen MR) is 68.3 cm³/mol. The van der Waals surface area contributed by atoms with E-state index in [9.17, 15) is 8.42 Å². The van der Waals surface area contributed by atoms with Crippen molar-refractivity contribution in [1.29, 1.82) is 0 Å². The van der Waals surface area contributed by atoms with Crippen LogP contribution in [0.15, 0.2) is 28.0 Å². The monoisotopic (exact) mass is 289 g/mol. The van der Waals surface area contributed by atoms with Gasteiger partial charge in [-0.25, -0.2) is 13.1 Å². The highest BCUT2D eigenvalue weighted by atomic mass is 32.2. The van der Waals surface area contributed by atoms with E-state index in [0.29, 0.717) is 4.88 Å². The maximum absolute atomic E-state index is 12.0. The van der Waals surface area contributed by atoms with Crippen LogP contribution in [-0.4, -0.2) is 13.4 Å². The Morgan fingerprint density at radius 1 is 1.41 bits per heavy atom. The highest BCUT2D eigenvalue weighted by molar-refractivity contribution is 7.89. The third-order valence-electron chi connectivity index (χ3n) is 2.10. The Labute approximate surface area is 107 Å². The van der Waals surface area contributed by atoms with Crippen LogP contribution in [0.2, 0.25) is 0 Å². The molecule has 2 rings (SSSR count). The summed E-state index contributed by atoms with van der Waals surface area (Å²) in [5, 5.41) is 1.73. The first-order chi connectivity index (χ1) is 8.13. The van der Waals surface area contributed by atoms with Gasteiger partial charge < -0.3 is 5.73 Å². The van der Waals surface area contributed by atoms with E-state index >= 15 is 0 Å². The molecule has 0 bridgehead atoms. The van der Waals surface area contributed by atoms with E-state index in [4.69, 9.17) is 5.73 Å². The standard InChI is InChI=1S/C9H11N3O2S3/c10-3-8-9(1-2-15-8)17(13,14)12-5-7-4-11-6-16-7/h1-2,4,6,12H,3,5,10H2. The van der Waals surface area contributed by atoms with E-state index in [-0.39, 0.29) is 18.0 Å². The average Bonchev–Trinajstić information content (AvgIpc) is 2.97. The number of hydrogen-bond acceptors (Lipinski definition) is 6.